The fraction of sp³-hybridized carbons (Fsp3) is 0.250. The molecule has 1 heterocycles. The van der Waals surface area contributed by atoms with Crippen LogP contribution in [0.2, 0.25) is 0 Å². The van der Waals surface area contributed by atoms with Crippen molar-refractivity contribution >= 4 is 38.4 Å². The lowest BCUT2D eigenvalue weighted by atomic mass is 10.2. The highest BCUT2D eigenvalue weighted by molar-refractivity contribution is 9.10. The standard InChI is InChI=1S/C20H21BrN4O2/c1-3-25(13(2)19(26)22-15-10-8-14(21)9-11-15)12-18-23-17-7-5-4-6-16(17)20(27)24-18/h4-11,13H,3,12H2,1-2H3,(H,22,26)(H,23,24,27). The van der Waals surface area contributed by atoms with E-state index in [1.807, 2.05) is 61.2 Å². The molecule has 0 bridgehead atoms. The number of nitrogens with zero attached hydrogens (tertiary/aromatic N) is 2. The number of fused-ring (bicyclic) bond motifs is 1. The van der Waals surface area contributed by atoms with Crippen molar-refractivity contribution < 1.29 is 4.79 Å². The van der Waals surface area contributed by atoms with Gasteiger partial charge < -0.3 is 10.3 Å². The average Bonchev–Trinajstić information content (AvgIpc) is 2.67. The van der Waals surface area contributed by atoms with Gasteiger partial charge in [0, 0.05) is 10.2 Å². The molecule has 1 atom stereocenters. The maximum Gasteiger partial charge on any atom is 0.258 e. The van der Waals surface area contributed by atoms with E-state index in [9.17, 15) is 9.59 Å². The number of carbonyl (C=O) groups is 1. The van der Waals surface area contributed by atoms with Crippen LogP contribution < -0.4 is 10.9 Å². The van der Waals surface area contributed by atoms with Crippen LogP contribution in [0, 0.1) is 0 Å². The lowest BCUT2D eigenvalue weighted by Gasteiger charge is -2.26. The molecule has 0 radical (unpaired) electrons. The van der Waals surface area contributed by atoms with Crippen LogP contribution in [0.3, 0.4) is 0 Å². The number of amides is 1. The van der Waals surface area contributed by atoms with Crippen molar-refractivity contribution in [2.24, 2.45) is 0 Å². The number of aromatic amines is 1. The molecule has 0 aliphatic rings. The third kappa shape index (κ3) is 4.61. The summed E-state index contributed by atoms with van der Waals surface area (Å²) in [5.74, 6) is 0.436. The molecule has 1 unspecified atom stereocenters. The zero-order valence-electron chi connectivity index (χ0n) is 15.2. The van der Waals surface area contributed by atoms with Gasteiger partial charge in [0.25, 0.3) is 5.56 Å². The summed E-state index contributed by atoms with van der Waals surface area (Å²) in [5, 5.41) is 3.48. The van der Waals surface area contributed by atoms with Crippen molar-refractivity contribution in [1.82, 2.24) is 14.9 Å². The Morgan fingerprint density at radius 2 is 1.93 bits per heavy atom. The van der Waals surface area contributed by atoms with Crippen molar-refractivity contribution in [3.63, 3.8) is 0 Å². The second-order valence-corrected chi connectivity index (χ2v) is 7.18. The summed E-state index contributed by atoms with van der Waals surface area (Å²) in [5.41, 5.74) is 1.22. The first kappa shape index (κ1) is 19.3. The Bertz CT molecular complexity index is 1000. The van der Waals surface area contributed by atoms with Crippen molar-refractivity contribution in [2.75, 3.05) is 11.9 Å². The molecule has 0 fully saturated rings. The fourth-order valence-electron chi connectivity index (χ4n) is 2.87. The molecule has 6 nitrogen and oxygen atoms in total. The number of para-hydroxylation sites is 1. The van der Waals surface area contributed by atoms with Gasteiger partial charge in [0.05, 0.1) is 23.5 Å². The number of aromatic nitrogens is 2. The number of likely N-dealkylation sites (N-methyl/N-ethyl adjacent to an activating group) is 1. The zero-order valence-corrected chi connectivity index (χ0v) is 16.8. The minimum Gasteiger partial charge on any atom is -0.325 e. The van der Waals surface area contributed by atoms with Crippen LogP contribution in [-0.4, -0.2) is 33.4 Å². The van der Waals surface area contributed by atoms with Gasteiger partial charge >= 0.3 is 0 Å². The molecular formula is C20H21BrN4O2. The van der Waals surface area contributed by atoms with E-state index >= 15 is 0 Å². The van der Waals surface area contributed by atoms with Crippen molar-refractivity contribution in [3.8, 4) is 0 Å². The number of anilines is 1. The van der Waals surface area contributed by atoms with Crippen LogP contribution in [-0.2, 0) is 11.3 Å². The molecule has 7 heteroatoms. The number of rotatable bonds is 6. The molecular weight excluding hydrogens is 408 g/mol. The molecule has 2 N–H and O–H groups in total. The van der Waals surface area contributed by atoms with E-state index in [1.165, 1.54) is 0 Å². The zero-order chi connectivity index (χ0) is 19.4. The van der Waals surface area contributed by atoms with Crippen molar-refractivity contribution in [2.45, 2.75) is 26.4 Å². The summed E-state index contributed by atoms with van der Waals surface area (Å²) < 4.78 is 0.954. The number of benzene rings is 2. The Morgan fingerprint density at radius 3 is 2.63 bits per heavy atom. The maximum absolute atomic E-state index is 12.6. The Kier molecular flexibility index (Phi) is 6.03. The summed E-state index contributed by atoms with van der Waals surface area (Å²) in [4.78, 5) is 34.2. The number of halogens is 1. The predicted molar refractivity (Wildman–Crippen MR) is 111 cm³/mol. The van der Waals surface area contributed by atoms with Crippen LogP contribution in [0.15, 0.2) is 57.8 Å². The van der Waals surface area contributed by atoms with E-state index in [1.54, 1.807) is 6.07 Å². The smallest absolute Gasteiger partial charge is 0.258 e. The van der Waals surface area contributed by atoms with Gasteiger partial charge in [0.1, 0.15) is 5.82 Å². The van der Waals surface area contributed by atoms with Gasteiger partial charge in [-0.05, 0) is 49.9 Å². The van der Waals surface area contributed by atoms with Gasteiger partial charge in [0.15, 0.2) is 0 Å². The van der Waals surface area contributed by atoms with Gasteiger partial charge in [-0.25, -0.2) is 4.98 Å². The van der Waals surface area contributed by atoms with E-state index in [-0.39, 0.29) is 17.5 Å². The molecule has 1 amide bonds. The number of hydrogen-bond donors (Lipinski definition) is 2. The van der Waals surface area contributed by atoms with Crippen molar-refractivity contribution in [3.05, 3.63) is 69.2 Å². The average molecular weight is 429 g/mol. The largest absolute Gasteiger partial charge is 0.325 e. The first-order valence-electron chi connectivity index (χ1n) is 8.76. The van der Waals surface area contributed by atoms with Gasteiger partial charge in [-0.3, -0.25) is 14.5 Å². The van der Waals surface area contributed by atoms with E-state index in [2.05, 4.69) is 31.2 Å². The minimum atomic E-state index is -0.379. The third-order valence-electron chi connectivity index (χ3n) is 4.46. The van der Waals surface area contributed by atoms with E-state index in [0.717, 1.165) is 10.2 Å². The van der Waals surface area contributed by atoms with Crippen LogP contribution >= 0.6 is 15.9 Å². The van der Waals surface area contributed by atoms with Gasteiger partial charge in [0.2, 0.25) is 5.91 Å². The molecule has 0 spiro atoms. The highest BCUT2D eigenvalue weighted by atomic mass is 79.9. The van der Waals surface area contributed by atoms with E-state index < -0.39 is 0 Å². The highest BCUT2D eigenvalue weighted by Gasteiger charge is 2.21. The fourth-order valence-corrected chi connectivity index (χ4v) is 3.13. The molecule has 0 saturated heterocycles. The quantitative estimate of drug-likeness (QED) is 0.629. The summed E-state index contributed by atoms with van der Waals surface area (Å²) in [6, 6.07) is 14.3. The Balaban J connectivity index is 1.75. The summed E-state index contributed by atoms with van der Waals surface area (Å²) >= 11 is 3.38. The molecule has 3 rings (SSSR count). The summed E-state index contributed by atoms with van der Waals surface area (Å²) in [7, 11) is 0. The molecule has 0 aliphatic heterocycles. The molecule has 0 saturated carbocycles. The molecule has 3 aromatic rings. The normalized spacial score (nSPS) is 12.3. The first-order chi connectivity index (χ1) is 13.0. The van der Waals surface area contributed by atoms with E-state index in [0.29, 0.717) is 29.8 Å². The second kappa shape index (κ2) is 8.45. The van der Waals surface area contributed by atoms with Gasteiger partial charge in [-0.15, -0.1) is 0 Å². The van der Waals surface area contributed by atoms with Crippen LogP contribution in [0.25, 0.3) is 10.9 Å². The SMILES string of the molecule is CCN(Cc1nc2ccccc2c(=O)[nH]1)C(C)C(=O)Nc1ccc(Br)cc1. The van der Waals surface area contributed by atoms with Gasteiger partial charge in [-0.2, -0.15) is 0 Å². The van der Waals surface area contributed by atoms with Crippen molar-refractivity contribution in [1.29, 1.82) is 0 Å². The minimum absolute atomic E-state index is 0.109. The summed E-state index contributed by atoms with van der Waals surface area (Å²) in [6.07, 6.45) is 0. The molecule has 140 valence electrons. The first-order valence-corrected chi connectivity index (χ1v) is 9.55. The topological polar surface area (TPSA) is 78.1 Å². The highest BCUT2D eigenvalue weighted by Crippen LogP contribution is 2.15. The molecule has 1 aromatic heterocycles. The number of hydrogen-bond acceptors (Lipinski definition) is 4. The number of H-pyrrole nitrogens is 1. The monoisotopic (exact) mass is 428 g/mol. The lowest BCUT2D eigenvalue weighted by Crippen LogP contribution is -2.42. The molecule has 27 heavy (non-hydrogen) atoms. The Morgan fingerprint density at radius 1 is 1.22 bits per heavy atom. The Hall–Kier alpha value is -2.51. The van der Waals surface area contributed by atoms with Crippen LogP contribution in [0.1, 0.15) is 19.7 Å². The maximum atomic E-state index is 12.6. The number of nitrogens with one attached hydrogen (secondary N) is 2. The van der Waals surface area contributed by atoms with Crippen LogP contribution in [0.5, 0.6) is 0 Å². The van der Waals surface area contributed by atoms with Gasteiger partial charge in [-0.1, -0.05) is 35.0 Å². The number of carbonyl (C=O) groups excluding carboxylic acids is 1. The Labute approximate surface area is 165 Å². The predicted octanol–water partition coefficient (Wildman–Crippen LogP) is 3.53. The summed E-state index contributed by atoms with van der Waals surface area (Å²) in [6.45, 7) is 4.84. The van der Waals surface area contributed by atoms with Crippen LogP contribution in [0.4, 0.5) is 5.69 Å². The third-order valence-corrected chi connectivity index (χ3v) is 4.99. The molecule has 2 aromatic carbocycles. The molecule has 0 aliphatic carbocycles. The van der Waals surface area contributed by atoms with E-state index in [4.69, 9.17) is 0 Å². The second-order valence-electron chi connectivity index (χ2n) is 6.26. The lowest BCUT2D eigenvalue weighted by molar-refractivity contribution is -0.120.